The molecule has 7 aromatic heterocycles. The highest BCUT2D eigenvalue weighted by Gasteiger charge is 2.76. The number of para-hydroxylation sites is 1. The van der Waals surface area contributed by atoms with Crippen molar-refractivity contribution in [2.75, 3.05) is 15.1 Å². The van der Waals surface area contributed by atoms with Crippen LogP contribution in [0.4, 0.5) is 17.5 Å². The predicted octanol–water partition coefficient (Wildman–Crippen LogP) is 4.19. The molecule has 8 aromatic rings. The number of fused-ring (bicyclic) bond motifs is 1. The quantitative estimate of drug-likeness (QED) is 0.182. The standard InChI is InChI=1S/C29H23N13O2/c1-2-7-20-19(6-1)26(38-35-20)41-28(22-11-14-34-36-22,23-18-44-39-37-23)29(21-8-3-12-30-21,27-32-15-16-33-27)40(24-9-4-13-31-24)42(41)25-10-5-17-43-25/h1-18,30-31H,(H,32,33)(H,34,36)(H,35,38). The van der Waals surface area contributed by atoms with E-state index in [0.29, 0.717) is 34.7 Å². The first-order valence-corrected chi connectivity index (χ1v) is 13.8. The van der Waals surface area contributed by atoms with Crippen LogP contribution in [0.25, 0.3) is 10.9 Å². The molecule has 0 radical (unpaired) electrons. The molecule has 2 atom stereocenters. The van der Waals surface area contributed by atoms with Crippen molar-refractivity contribution in [3.8, 4) is 0 Å². The Bertz CT molecular complexity index is 2030. The van der Waals surface area contributed by atoms with E-state index < -0.39 is 11.1 Å². The summed E-state index contributed by atoms with van der Waals surface area (Å²) >= 11 is 0. The largest absolute Gasteiger partial charge is 0.446 e. The number of furan rings is 1. The zero-order chi connectivity index (χ0) is 29.1. The zero-order valence-electron chi connectivity index (χ0n) is 22.8. The minimum atomic E-state index is -1.41. The molecule has 0 bridgehead atoms. The van der Waals surface area contributed by atoms with Crippen molar-refractivity contribution in [1.82, 2.24) is 50.7 Å². The summed E-state index contributed by atoms with van der Waals surface area (Å²) in [5, 5.41) is 31.3. The number of nitrogens with zero attached hydrogens (tertiary/aromatic N) is 8. The number of hydrazine groups is 2. The van der Waals surface area contributed by atoms with Gasteiger partial charge in [-0.2, -0.15) is 15.3 Å². The van der Waals surface area contributed by atoms with Gasteiger partial charge < -0.3 is 23.9 Å². The summed E-state index contributed by atoms with van der Waals surface area (Å²) in [6.45, 7) is 0. The molecule has 0 amide bonds. The molecule has 8 heterocycles. The molecule has 0 aliphatic carbocycles. The van der Waals surface area contributed by atoms with Gasteiger partial charge in [-0.15, -0.1) is 5.10 Å². The smallest absolute Gasteiger partial charge is 0.234 e. The lowest BCUT2D eigenvalue weighted by Crippen LogP contribution is -2.60. The van der Waals surface area contributed by atoms with Gasteiger partial charge in [-0.05, 0) is 48.5 Å². The van der Waals surface area contributed by atoms with Crippen molar-refractivity contribution in [3.63, 3.8) is 0 Å². The van der Waals surface area contributed by atoms with E-state index in [2.05, 4.69) is 45.6 Å². The van der Waals surface area contributed by atoms with E-state index in [-0.39, 0.29) is 0 Å². The van der Waals surface area contributed by atoms with Crippen LogP contribution in [0.5, 0.6) is 0 Å². The maximum absolute atomic E-state index is 6.21. The molecule has 1 aromatic carbocycles. The van der Waals surface area contributed by atoms with Crippen LogP contribution in [-0.2, 0) is 11.1 Å². The van der Waals surface area contributed by atoms with E-state index in [1.807, 2.05) is 89.3 Å². The maximum atomic E-state index is 6.21. The van der Waals surface area contributed by atoms with Gasteiger partial charge in [-0.25, -0.2) is 15.0 Å². The number of benzene rings is 1. The van der Waals surface area contributed by atoms with Crippen molar-refractivity contribution in [2.45, 2.75) is 11.1 Å². The van der Waals surface area contributed by atoms with Crippen molar-refractivity contribution >= 4 is 28.4 Å². The highest BCUT2D eigenvalue weighted by Crippen LogP contribution is 2.62. The number of imidazole rings is 1. The van der Waals surface area contributed by atoms with Crippen molar-refractivity contribution in [1.29, 1.82) is 0 Å². The molecule has 44 heavy (non-hydrogen) atoms. The van der Waals surface area contributed by atoms with Crippen LogP contribution in [0.2, 0.25) is 0 Å². The van der Waals surface area contributed by atoms with Gasteiger partial charge in [0.25, 0.3) is 0 Å². The van der Waals surface area contributed by atoms with Crippen LogP contribution >= 0.6 is 0 Å². The second kappa shape index (κ2) is 8.99. The lowest BCUT2D eigenvalue weighted by Gasteiger charge is -2.44. The van der Waals surface area contributed by atoms with Crippen molar-refractivity contribution in [3.05, 3.63) is 133 Å². The Morgan fingerprint density at radius 2 is 1.68 bits per heavy atom. The van der Waals surface area contributed by atoms with E-state index >= 15 is 0 Å². The SMILES string of the molecule is c1c[nH]c(N2N(c3ccco3)N(c3n[nH]c4ccccc34)C(c3conn3)(c3ccn[nH]3)C2(c2ccc[nH]2)c2ncc[nH]2)c1. The van der Waals surface area contributed by atoms with Gasteiger partial charge in [-0.1, -0.05) is 12.1 Å². The molecular weight excluding hydrogens is 562 g/mol. The number of aromatic nitrogens is 10. The topological polar surface area (TPSA) is 179 Å². The van der Waals surface area contributed by atoms with Crippen molar-refractivity contribution < 1.29 is 8.94 Å². The molecular formula is C29H23N13O2. The molecule has 15 nitrogen and oxygen atoms in total. The number of hydrogen-bond donors (Lipinski definition) is 5. The number of anilines is 3. The summed E-state index contributed by atoms with van der Waals surface area (Å²) in [7, 11) is 0. The molecule has 0 spiro atoms. The molecule has 2 unspecified atom stereocenters. The Balaban J connectivity index is 1.55. The van der Waals surface area contributed by atoms with Crippen LogP contribution in [0.1, 0.15) is 22.9 Å². The molecule has 9 rings (SSSR count). The number of aromatic amines is 5. The van der Waals surface area contributed by atoms with Gasteiger partial charge in [0.2, 0.25) is 5.88 Å². The van der Waals surface area contributed by atoms with E-state index in [0.717, 1.165) is 16.6 Å². The molecule has 1 aliphatic rings. The van der Waals surface area contributed by atoms with Gasteiger partial charge >= 0.3 is 0 Å². The third kappa shape index (κ3) is 2.91. The number of rotatable bonds is 7. The first kappa shape index (κ1) is 24.1. The fraction of sp³-hybridized carbons (Fsp3) is 0.0690. The maximum Gasteiger partial charge on any atom is 0.234 e. The number of H-pyrrole nitrogens is 5. The molecule has 0 saturated carbocycles. The van der Waals surface area contributed by atoms with Crippen LogP contribution < -0.4 is 15.1 Å². The van der Waals surface area contributed by atoms with Gasteiger partial charge in [-0.3, -0.25) is 10.2 Å². The molecule has 1 fully saturated rings. The van der Waals surface area contributed by atoms with E-state index in [1.165, 1.54) is 6.26 Å². The normalized spacial score (nSPS) is 20.3. The second-order valence-electron chi connectivity index (χ2n) is 10.2. The molecule has 1 aliphatic heterocycles. The van der Waals surface area contributed by atoms with E-state index in [4.69, 9.17) is 19.0 Å². The number of nitrogens with one attached hydrogen (secondary N) is 5. The number of hydrogen-bond acceptors (Lipinski definition) is 10. The Kier molecular flexibility index (Phi) is 4.93. The lowest BCUT2D eigenvalue weighted by molar-refractivity contribution is 0.321. The monoisotopic (exact) mass is 585 g/mol. The summed E-state index contributed by atoms with van der Waals surface area (Å²) < 4.78 is 11.7. The molecule has 1 saturated heterocycles. The summed E-state index contributed by atoms with van der Waals surface area (Å²) in [5.41, 5.74) is -0.0911. The van der Waals surface area contributed by atoms with Crippen LogP contribution in [-0.4, -0.2) is 50.7 Å². The van der Waals surface area contributed by atoms with Crippen molar-refractivity contribution in [2.24, 2.45) is 0 Å². The Morgan fingerprint density at radius 3 is 2.41 bits per heavy atom. The molecule has 216 valence electrons. The minimum absolute atomic E-state index is 0.436. The fourth-order valence-corrected chi connectivity index (χ4v) is 6.60. The van der Waals surface area contributed by atoms with Gasteiger partial charge in [0, 0.05) is 47.7 Å². The summed E-state index contributed by atoms with van der Waals surface area (Å²) in [5.74, 6) is 2.30. The summed E-state index contributed by atoms with van der Waals surface area (Å²) in [4.78, 5) is 15.3. The average Bonchev–Trinajstić information content (AvgIpc) is 3.91. The Labute approximate surface area is 247 Å². The van der Waals surface area contributed by atoms with Crippen LogP contribution in [0.3, 0.4) is 0 Å². The van der Waals surface area contributed by atoms with Gasteiger partial charge in [0.05, 0.1) is 23.2 Å². The first-order valence-electron chi connectivity index (χ1n) is 13.8. The second-order valence-corrected chi connectivity index (χ2v) is 10.2. The predicted molar refractivity (Wildman–Crippen MR) is 157 cm³/mol. The highest BCUT2D eigenvalue weighted by atomic mass is 16.5. The minimum Gasteiger partial charge on any atom is -0.446 e. The van der Waals surface area contributed by atoms with Gasteiger partial charge in [0.1, 0.15) is 17.3 Å². The van der Waals surface area contributed by atoms with E-state index in [9.17, 15) is 0 Å². The van der Waals surface area contributed by atoms with E-state index in [1.54, 1.807) is 24.9 Å². The Hall–Kier alpha value is -6.51. The lowest BCUT2D eigenvalue weighted by atomic mass is 9.69. The summed E-state index contributed by atoms with van der Waals surface area (Å²) in [6, 6.07) is 21.4. The third-order valence-corrected chi connectivity index (χ3v) is 8.15. The molecule has 15 heteroatoms. The summed E-state index contributed by atoms with van der Waals surface area (Å²) in [6.07, 6.45) is 12.1. The zero-order valence-corrected chi connectivity index (χ0v) is 22.8. The van der Waals surface area contributed by atoms with Gasteiger partial charge in [0.15, 0.2) is 23.2 Å². The Morgan fingerprint density at radius 1 is 0.750 bits per heavy atom. The first-order chi connectivity index (χ1) is 21.8. The van der Waals surface area contributed by atoms with Crippen LogP contribution in [0.15, 0.2) is 119 Å². The highest BCUT2D eigenvalue weighted by molar-refractivity contribution is 5.93. The third-order valence-electron chi connectivity index (χ3n) is 8.15. The fourth-order valence-electron chi connectivity index (χ4n) is 6.60. The molecule has 5 N–H and O–H groups in total. The average molecular weight is 586 g/mol. The van der Waals surface area contributed by atoms with Crippen LogP contribution in [0, 0.1) is 0 Å².